The Kier molecular flexibility index (Phi) is 6.72. The summed E-state index contributed by atoms with van der Waals surface area (Å²) in [7, 11) is 1.50. The van der Waals surface area contributed by atoms with Gasteiger partial charge in [-0.05, 0) is 30.3 Å². The third-order valence-corrected chi connectivity index (χ3v) is 4.91. The normalized spacial score (nSPS) is 15.9. The van der Waals surface area contributed by atoms with Gasteiger partial charge in [-0.3, -0.25) is 14.4 Å². The Morgan fingerprint density at radius 1 is 1.14 bits per heavy atom. The second-order valence-corrected chi connectivity index (χ2v) is 7.07. The molecule has 8 heteroatoms. The fourth-order valence-corrected chi connectivity index (χ4v) is 3.39. The van der Waals surface area contributed by atoms with Crippen molar-refractivity contribution >= 4 is 35.0 Å². The summed E-state index contributed by atoms with van der Waals surface area (Å²) in [4.78, 5) is 38.5. The first-order valence-corrected chi connectivity index (χ1v) is 9.62. The van der Waals surface area contributed by atoms with Crippen LogP contribution in [0.4, 0.5) is 5.69 Å². The summed E-state index contributed by atoms with van der Waals surface area (Å²) in [5, 5.41) is 6.05. The van der Waals surface area contributed by atoms with E-state index < -0.39 is 5.92 Å². The van der Waals surface area contributed by atoms with Crippen molar-refractivity contribution in [2.45, 2.75) is 6.42 Å². The molecule has 1 aliphatic rings. The van der Waals surface area contributed by atoms with Gasteiger partial charge in [0.05, 0.1) is 18.6 Å². The molecule has 2 aromatic carbocycles. The Morgan fingerprint density at radius 3 is 2.66 bits per heavy atom. The Labute approximate surface area is 174 Å². The summed E-state index contributed by atoms with van der Waals surface area (Å²) >= 11 is 5.98. The molecule has 2 aromatic rings. The fourth-order valence-electron chi connectivity index (χ4n) is 3.21. The Bertz CT molecular complexity index is 918. The van der Waals surface area contributed by atoms with Gasteiger partial charge in [0.2, 0.25) is 11.8 Å². The van der Waals surface area contributed by atoms with E-state index >= 15 is 0 Å². The molecule has 1 heterocycles. The minimum atomic E-state index is -0.439. The van der Waals surface area contributed by atoms with Gasteiger partial charge in [-0.25, -0.2) is 0 Å². The van der Waals surface area contributed by atoms with Gasteiger partial charge in [-0.2, -0.15) is 0 Å². The SMILES string of the molecule is COc1ccccc1C(=O)NCCNC(=O)[C@@H]1CC(=O)N(c2cccc(Cl)c2)C1. The van der Waals surface area contributed by atoms with Gasteiger partial charge < -0.3 is 20.3 Å². The highest BCUT2D eigenvalue weighted by Gasteiger charge is 2.35. The molecule has 0 spiro atoms. The van der Waals surface area contributed by atoms with E-state index in [1.807, 2.05) is 0 Å². The number of rotatable bonds is 7. The van der Waals surface area contributed by atoms with Crippen LogP contribution in [0, 0.1) is 5.92 Å². The van der Waals surface area contributed by atoms with E-state index in [0.29, 0.717) is 28.6 Å². The minimum Gasteiger partial charge on any atom is -0.496 e. The first kappa shape index (κ1) is 20.7. The van der Waals surface area contributed by atoms with Crippen LogP contribution in [-0.4, -0.2) is 44.5 Å². The van der Waals surface area contributed by atoms with Crippen molar-refractivity contribution in [1.29, 1.82) is 0 Å². The van der Waals surface area contributed by atoms with E-state index in [-0.39, 0.29) is 37.2 Å². The maximum atomic E-state index is 12.4. The third-order valence-electron chi connectivity index (χ3n) is 4.68. The summed E-state index contributed by atoms with van der Waals surface area (Å²) < 4.78 is 5.17. The second-order valence-electron chi connectivity index (χ2n) is 6.63. The number of carbonyl (C=O) groups is 3. The highest BCUT2D eigenvalue weighted by Crippen LogP contribution is 2.27. The van der Waals surface area contributed by atoms with E-state index in [2.05, 4.69) is 10.6 Å². The van der Waals surface area contributed by atoms with Crippen molar-refractivity contribution < 1.29 is 19.1 Å². The summed E-state index contributed by atoms with van der Waals surface area (Å²) in [6, 6.07) is 13.9. The number of para-hydroxylation sites is 1. The zero-order valence-electron chi connectivity index (χ0n) is 16.0. The lowest BCUT2D eigenvalue weighted by atomic mass is 10.1. The van der Waals surface area contributed by atoms with Gasteiger partial charge in [0, 0.05) is 36.8 Å². The van der Waals surface area contributed by atoms with Crippen LogP contribution in [0.1, 0.15) is 16.8 Å². The molecule has 0 unspecified atom stereocenters. The highest BCUT2D eigenvalue weighted by molar-refractivity contribution is 6.31. The van der Waals surface area contributed by atoms with Crippen molar-refractivity contribution in [2.75, 3.05) is 31.6 Å². The fraction of sp³-hybridized carbons (Fsp3) is 0.286. The van der Waals surface area contributed by atoms with Crippen LogP contribution >= 0.6 is 11.6 Å². The maximum Gasteiger partial charge on any atom is 0.255 e. The van der Waals surface area contributed by atoms with Gasteiger partial charge in [0.25, 0.3) is 5.91 Å². The zero-order chi connectivity index (χ0) is 20.8. The molecule has 0 aliphatic carbocycles. The molecule has 3 amide bonds. The Hall–Kier alpha value is -3.06. The summed E-state index contributed by atoms with van der Waals surface area (Å²) in [5.41, 5.74) is 1.11. The Morgan fingerprint density at radius 2 is 1.90 bits per heavy atom. The zero-order valence-corrected chi connectivity index (χ0v) is 16.7. The number of nitrogens with zero attached hydrogens (tertiary/aromatic N) is 1. The van der Waals surface area contributed by atoms with Crippen LogP contribution in [0.3, 0.4) is 0 Å². The molecule has 1 atom stereocenters. The van der Waals surface area contributed by atoms with Crippen LogP contribution in [0.25, 0.3) is 0 Å². The molecule has 3 rings (SSSR count). The van der Waals surface area contributed by atoms with Crippen LogP contribution in [-0.2, 0) is 9.59 Å². The van der Waals surface area contributed by atoms with Crippen LogP contribution in [0.15, 0.2) is 48.5 Å². The molecule has 1 fully saturated rings. The first-order chi connectivity index (χ1) is 14.0. The minimum absolute atomic E-state index is 0.114. The predicted octanol–water partition coefficient (Wildman–Crippen LogP) is 2.25. The van der Waals surface area contributed by atoms with E-state index in [0.717, 1.165) is 0 Å². The van der Waals surface area contributed by atoms with Gasteiger partial charge >= 0.3 is 0 Å². The Balaban J connectivity index is 1.46. The molecule has 0 saturated carbocycles. The number of hydrogen-bond acceptors (Lipinski definition) is 4. The molecular formula is C21H22ClN3O4. The topological polar surface area (TPSA) is 87.7 Å². The largest absolute Gasteiger partial charge is 0.496 e. The molecule has 1 aliphatic heterocycles. The summed E-state index contributed by atoms with van der Waals surface area (Å²) in [6.07, 6.45) is 0.145. The monoisotopic (exact) mass is 415 g/mol. The molecular weight excluding hydrogens is 394 g/mol. The standard InChI is InChI=1S/C21H22ClN3O4/c1-29-18-8-3-2-7-17(18)21(28)24-10-9-23-20(27)14-11-19(26)25(13-14)16-6-4-5-15(22)12-16/h2-8,12,14H,9-11,13H2,1H3,(H,23,27)(H,24,28)/t14-/m1/s1. The van der Waals surface area contributed by atoms with Crippen molar-refractivity contribution in [1.82, 2.24) is 10.6 Å². The summed E-state index contributed by atoms with van der Waals surface area (Å²) in [5.74, 6) is -0.558. The van der Waals surface area contributed by atoms with E-state index in [1.165, 1.54) is 7.11 Å². The summed E-state index contributed by atoms with van der Waals surface area (Å²) in [6.45, 7) is 0.835. The van der Waals surface area contributed by atoms with E-state index in [9.17, 15) is 14.4 Å². The number of nitrogens with one attached hydrogen (secondary N) is 2. The van der Waals surface area contributed by atoms with Gasteiger partial charge in [0.15, 0.2) is 0 Å². The lowest BCUT2D eigenvalue weighted by Crippen LogP contribution is -2.38. The van der Waals surface area contributed by atoms with Crippen LogP contribution < -0.4 is 20.3 Å². The number of methoxy groups -OCH3 is 1. The quantitative estimate of drug-likeness (QED) is 0.679. The first-order valence-electron chi connectivity index (χ1n) is 9.24. The van der Waals surface area contributed by atoms with Crippen molar-refractivity contribution in [3.05, 3.63) is 59.1 Å². The lowest BCUT2D eigenvalue weighted by molar-refractivity contribution is -0.126. The average molecular weight is 416 g/mol. The van der Waals surface area contributed by atoms with Crippen molar-refractivity contribution in [3.8, 4) is 5.75 Å². The number of benzene rings is 2. The van der Waals surface area contributed by atoms with E-state index in [1.54, 1.807) is 53.4 Å². The molecule has 0 bridgehead atoms. The van der Waals surface area contributed by atoms with Gasteiger partial charge in [-0.1, -0.05) is 29.8 Å². The van der Waals surface area contributed by atoms with Crippen LogP contribution in [0.5, 0.6) is 5.75 Å². The number of halogens is 1. The molecule has 0 radical (unpaired) electrons. The molecule has 2 N–H and O–H groups in total. The molecule has 152 valence electrons. The number of carbonyl (C=O) groups excluding carboxylic acids is 3. The maximum absolute atomic E-state index is 12.4. The van der Waals surface area contributed by atoms with Crippen molar-refractivity contribution in [3.63, 3.8) is 0 Å². The predicted molar refractivity (Wildman–Crippen MR) is 110 cm³/mol. The average Bonchev–Trinajstić information content (AvgIpc) is 3.12. The number of amides is 3. The van der Waals surface area contributed by atoms with Crippen molar-refractivity contribution in [2.24, 2.45) is 5.92 Å². The third kappa shape index (κ3) is 5.06. The number of ether oxygens (including phenoxy) is 1. The lowest BCUT2D eigenvalue weighted by Gasteiger charge is -2.17. The second kappa shape index (κ2) is 9.43. The highest BCUT2D eigenvalue weighted by atomic mass is 35.5. The molecule has 29 heavy (non-hydrogen) atoms. The molecule has 7 nitrogen and oxygen atoms in total. The molecule has 1 saturated heterocycles. The number of anilines is 1. The van der Waals surface area contributed by atoms with Crippen LogP contribution in [0.2, 0.25) is 5.02 Å². The van der Waals surface area contributed by atoms with E-state index in [4.69, 9.17) is 16.3 Å². The number of hydrogen-bond donors (Lipinski definition) is 2. The smallest absolute Gasteiger partial charge is 0.255 e. The van der Waals surface area contributed by atoms with Gasteiger partial charge in [-0.15, -0.1) is 0 Å². The van der Waals surface area contributed by atoms with Gasteiger partial charge in [0.1, 0.15) is 5.75 Å². The molecule has 0 aromatic heterocycles.